The van der Waals surface area contributed by atoms with E-state index in [0.29, 0.717) is 17.7 Å². The van der Waals surface area contributed by atoms with Gasteiger partial charge in [0, 0.05) is 9.35 Å². The van der Waals surface area contributed by atoms with E-state index in [2.05, 4.69) is 31.9 Å². The molecule has 1 unspecified atom stereocenters. The molecule has 0 radical (unpaired) electrons. The van der Waals surface area contributed by atoms with Crippen molar-refractivity contribution < 1.29 is 9.53 Å². The van der Waals surface area contributed by atoms with Crippen molar-refractivity contribution in [2.45, 2.75) is 12.5 Å². The Hall–Kier alpha value is -0.650. The number of carbonyl (C=O) groups is 1. The quantitative estimate of drug-likeness (QED) is 0.689. The Morgan fingerprint density at radius 2 is 2.06 bits per heavy atom. The van der Waals surface area contributed by atoms with Crippen molar-refractivity contribution >= 4 is 49.0 Å². The predicted molar refractivity (Wildman–Crippen MR) is 78.5 cm³/mol. The van der Waals surface area contributed by atoms with Crippen molar-refractivity contribution in [1.29, 1.82) is 0 Å². The van der Waals surface area contributed by atoms with Crippen LogP contribution in [0.3, 0.4) is 0 Å². The summed E-state index contributed by atoms with van der Waals surface area (Å²) in [6.07, 6.45) is 0.219. The zero-order chi connectivity index (χ0) is 12.7. The van der Waals surface area contributed by atoms with Crippen LogP contribution in [0.4, 0.5) is 0 Å². The standard InChI is InChI=1S/C13H8Br2O2S/c14-8-5-12(18-13(8)15)11-6-9(16)7-3-1-2-4-10(7)17-11/h1-5,11H,6H2. The topological polar surface area (TPSA) is 26.3 Å². The molecule has 1 aliphatic heterocycles. The normalized spacial score (nSPS) is 18.3. The van der Waals surface area contributed by atoms with Crippen molar-refractivity contribution in [3.8, 4) is 5.75 Å². The molecule has 0 amide bonds. The highest BCUT2D eigenvalue weighted by Gasteiger charge is 2.28. The van der Waals surface area contributed by atoms with Crippen LogP contribution >= 0.6 is 43.2 Å². The summed E-state index contributed by atoms with van der Waals surface area (Å²) < 4.78 is 7.92. The van der Waals surface area contributed by atoms with E-state index in [0.717, 1.165) is 13.1 Å². The molecule has 2 heterocycles. The SMILES string of the molecule is O=C1CC(c2cc(Br)c(Br)s2)Oc2ccccc21. The van der Waals surface area contributed by atoms with Gasteiger partial charge in [-0.15, -0.1) is 11.3 Å². The van der Waals surface area contributed by atoms with Gasteiger partial charge in [0.25, 0.3) is 0 Å². The van der Waals surface area contributed by atoms with Crippen LogP contribution < -0.4 is 4.74 Å². The number of hydrogen-bond donors (Lipinski definition) is 0. The number of benzene rings is 1. The monoisotopic (exact) mass is 386 g/mol. The molecule has 0 saturated heterocycles. The van der Waals surface area contributed by atoms with Gasteiger partial charge in [-0.2, -0.15) is 0 Å². The highest BCUT2D eigenvalue weighted by molar-refractivity contribution is 9.13. The van der Waals surface area contributed by atoms with Gasteiger partial charge in [-0.25, -0.2) is 0 Å². The fourth-order valence-electron chi connectivity index (χ4n) is 1.95. The molecule has 1 aliphatic rings. The zero-order valence-corrected chi connectivity index (χ0v) is 13.1. The number of thiophene rings is 1. The first-order chi connectivity index (χ1) is 8.65. The number of hydrogen-bond acceptors (Lipinski definition) is 3. The molecule has 1 aromatic heterocycles. The van der Waals surface area contributed by atoms with Crippen LogP contribution in [0.25, 0.3) is 0 Å². The van der Waals surface area contributed by atoms with E-state index in [1.54, 1.807) is 11.3 Å². The van der Waals surface area contributed by atoms with Gasteiger partial charge >= 0.3 is 0 Å². The molecular formula is C13H8Br2O2S. The van der Waals surface area contributed by atoms with E-state index in [-0.39, 0.29) is 11.9 Å². The molecule has 92 valence electrons. The highest BCUT2D eigenvalue weighted by Crippen LogP contribution is 2.41. The van der Waals surface area contributed by atoms with E-state index in [9.17, 15) is 4.79 Å². The smallest absolute Gasteiger partial charge is 0.170 e. The average molecular weight is 388 g/mol. The maximum Gasteiger partial charge on any atom is 0.170 e. The maximum absolute atomic E-state index is 12.1. The zero-order valence-electron chi connectivity index (χ0n) is 9.15. The van der Waals surface area contributed by atoms with Gasteiger partial charge in [-0.05, 0) is 50.1 Å². The van der Waals surface area contributed by atoms with Crippen LogP contribution in [0.1, 0.15) is 27.8 Å². The molecule has 18 heavy (non-hydrogen) atoms. The highest BCUT2D eigenvalue weighted by atomic mass is 79.9. The Bertz CT molecular complexity index is 602. The summed E-state index contributed by atoms with van der Waals surface area (Å²) in [4.78, 5) is 13.1. The predicted octanol–water partition coefficient (Wildman–Crippen LogP) is 4.98. The first-order valence-electron chi connectivity index (χ1n) is 5.39. The maximum atomic E-state index is 12.1. The van der Waals surface area contributed by atoms with Crippen LogP contribution in [0.15, 0.2) is 38.6 Å². The van der Waals surface area contributed by atoms with Crippen LogP contribution in [0.5, 0.6) is 5.75 Å². The second-order valence-electron chi connectivity index (χ2n) is 4.00. The largest absolute Gasteiger partial charge is 0.484 e. The first kappa shape index (κ1) is 12.4. The van der Waals surface area contributed by atoms with E-state index in [1.807, 2.05) is 30.3 Å². The lowest BCUT2D eigenvalue weighted by Gasteiger charge is -2.24. The number of ketones is 1. The number of carbonyl (C=O) groups excluding carboxylic acids is 1. The number of para-hydroxylation sites is 1. The van der Waals surface area contributed by atoms with Crippen molar-refractivity contribution in [1.82, 2.24) is 0 Å². The lowest BCUT2D eigenvalue weighted by atomic mass is 10.00. The summed E-state index contributed by atoms with van der Waals surface area (Å²) in [5.41, 5.74) is 0.684. The van der Waals surface area contributed by atoms with Crippen molar-refractivity contribution in [3.05, 3.63) is 49.0 Å². The minimum Gasteiger partial charge on any atom is -0.484 e. The summed E-state index contributed by atoms with van der Waals surface area (Å²) in [5, 5.41) is 0. The molecule has 0 aliphatic carbocycles. The lowest BCUT2D eigenvalue weighted by Crippen LogP contribution is -2.19. The molecule has 5 heteroatoms. The van der Waals surface area contributed by atoms with Crippen molar-refractivity contribution in [2.75, 3.05) is 0 Å². The Morgan fingerprint density at radius 3 is 2.78 bits per heavy atom. The summed E-state index contributed by atoms with van der Waals surface area (Å²) in [7, 11) is 0. The van der Waals surface area contributed by atoms with Crippen LogP contribution in [0.2, 0.25) is 0 Å². The Morgan fingerprint density at radius 1 is 1.28 bits per heavy atom. The molecule has 1 atom stereocenters. The first-order valence-corrected chi connectivity index (χ1v) is 7.79. The van der Waals surface area contributed by atoms with Gasteiger partial charge in [0.2, 0.25) is 0 Å². The van der Waals surface area contributed by atoms with E-state index >= 15 is 0 Å². The molecule has 0 fully saturated rings. The molecule has 0 spiro atoms. The molecular weight excluding hydrogens is 380 g/mol. The second-order valence-corrected chi connectivity index (χ2v) is 7.26. The Kier molecular flexibility index (Phi) is 3.30. The Labute approximate surface area is 125 Å². The van der Waals surface area contributed by atoms with Crippen LogP contribution in [0, 0.1) is 0 Å². The third kappa shape index (κ3) is 2.15. The third-order valence-electron chi connectivity index (χ3n) is 2.81. The minimum atomic E-state index is -0.181. The number of fused-ring (bicyclic) bond motifs is 1. The molecule has 0 N–H and O–H groups in total. The molecule has 0 bridgehead atoms. The van der Waals surface area contributed by atoms with Crippen molar-refractivity contribution in [3.63, 3.8) is 0 Å². The van der Waals surface area contributed by atoms with Gasteiger partial charge in [-0.1, -0.05) is 12.1 Å². The second kappa shape index (κ2) is 4.79. The van der Waals surface area contributed by atoms with Gasteiger partial charge < -0.3 is 4.74 Å². The summed E-state index contributed by atoms with van der Waals surface area (Å²) in [6, 6.07) is 9.40. The number of halogens is 2. The van der Waals surface area contributed by atoms with Gasteiger partial charge in [0.15, 0.2) is 5.78 Å². The number of Topliss-reactive ketones (excluding diaryl/α,β-unsaturated/α-hetero) is 1. The minimum absolute atomic E-state index is 0.141. The van der Waals surface area contributed by atoms with Gasteiger partial charge in [0.1, 0.15) is 11.9 Å². The molecule has 2 nitrogen and oxygen atoms in total. The fourth-order valence-corrected chi connectivity index (χ4v) is 4.07. The molecule has 3 rings (SSSR count). The lowest BCUT2D eigenvalue weighted by molar-refractivity contribution is 0.0854. The van der Waals surface area contributed by atoms with Gasteiger partial charge in [0.05, 0.1) is 15.8 Å². The van der Waals surface area contributed by atoms with Crippen LogP contribution in [-0.4, -0.2) is 5.78 Å². The van der Waals surface area contributed by atoms with E-state index < -0.39 is 0 Å². The molecule has 1 aromatic carbocycles. The third-order valence-corrected chi connectivity index (χ3v) is 6.16. The summed E-state index contributed by atoms with van der Waals surface area (Å²) in [5.74, 6) is 0.821. The van der Waals surface area contributed by atoms with E-state index in [1.165, 1.54) is 0 Å². The average Bonchev–Trinajstić information content (AvgIpc) is 2.70. The fraction of sp³-hybridized carbons (Fsp3) is 0.154. The number of ether oxygens (including phenoxy) is 1. The molecule has 2 aromatic rings. The summed E-state index contributed by atoms with van der Waals surface area (Å²) in [6.45, 7) is 0. The van der Waals surface area contributed by atoms with Crippen molar-refractivity contribution in [2.24, 2.45) is 0 Å². The molecule has 0 saturated carbocycles. The van der Waals surface area contributed by atoms with Crippen LogP contribution in [-0.2, 0) is 0 Å². The summed E-state index contributed by atoms with van der Waals surface area (Å²) >= 11 is 8.50. The van der Waals surface area contributed by atoms with E-state index in [4.69, 9.17) is 4.74 Å². The Balaban J connectivity index is 1.97. The number of rotatable bonds is 1. The van der Waals surface area contributed by atoms with Gasteiger partial charge in [-0.3, -0.25) is 4.79 Å².